The highest BCUT2D eigenvalue weighted by atomic mass is 16.2. The minimum absolute atomic E-state index is 0.207. The molecule has 0 spiro atoms. The van der Waals surface area contributed by atoms with E-state index in [-0.39, 0.29) is 12.3 Å². The monoisotopic (exact) mass is 256 g/mol. The van der Waals surface area contributed by atoms with Crippen molar-refractivity contribution in [1.29, 1.82) is 0 Å². The van der Waals surface area contributed by atoms with Gasteiger partial charge in [0.1, 0.15) is 6.04 Å². The number of benzene rings is 2. The SMILES string of the molecule is C[C@H](NC(=O)Cc1ccc2ccccc2c1)C(N)=O. The van der Waals surface area contributed by atoms with Gasteiger partial charge in [0.2, 0.25) is 11.8 Å². The Kier molecular flexibility index (Phi) is 3.80. The first-order chi connectivity index (χ1) is 9.06. The molecule has 4 nitrogen and oxygen atoms in total. The van der Waals surface area contributed by atoms with Gasteiger partial charge in [0.25, 0.3) is 0 Å². The van der Waals surface area contributed by atoms with Crippen molar-refractivity contribution in [3.63, 3.8) is 0 Å². The van der Waals surface area contributed by atoms with Gasteiger partial charge in [-0.1, -0.05) is 42.5 Å². The van der Waals surface area contributed by atoms with Gasteiger partial charge in [0.15, 0.2) is 0 Å². The molecule has 0 aliphatic carbocycles. The lowest BCUT2D eigenvalue weighted by molar-refractivity contribution is -0.126. The van der Waals surface area contributed by atoms with E-state index < -0.39 is 11.9 Å². The summed E-state index contributed by atoms with van der Waals surface area (Å²) in [5, 5.41) is 4.79. The van der Waals surface area contributed by atoms with E-state index in [1.54, 1.807) is 6.92 Å². The average Bonchev–Trinajstić information content (AvgIpc) is 2.38. The van der Waals surface area contributed by atoms with Crippen molar-refractivity contribution in [1.82, 2.24) is 5.32 Å². The molecule has 19 heavy (non-hydrogen) atoms. The maximum Gasteiger partial charge on any atom is 0.239 e. The van der Waals surface area contributed by atoms with Gasteiger partial charge in [-0.25, -0.2) is 0 Å². The molecular weight excluding hydrogens is 240 g/mol. The van der Waals surface area contributed by atoms with Crippen LogP contribution in [0.5, 0.6) is 0 Å². The van der Waals surface area contributed by atoms with Crippen LogP contribution in [0.1, 0.15) is 12.5 Å². The lowest BCUT2D eigenvalue weighted by Crippen LogP contribution is -2.42. The van der Waals surface area contributed by atoms with Crippen LogP contribution in [-0.4, -0.2) is 17.9 Å². The number of hydrogen-bond donors (Lipinski definition) is 2. The van der Waals surface area contributed by atoms with Gasteiger partial charge in [-0.3, -0.25) is 9.59 Å². The predicted molar refractivity (Wildman–Crippen MR) is 74.5 cm³/mol. The zero-order chi connectivity index (χ0) is 13.8. The van der Waals surface area contributed by atoms with Gasteiger partial charge in [0, 0.05) is 0 Å². The normalized spacial score (nSPS) is 12.1. The minimum Gasteiger partial charge on any atom is -0.368 e. The molecule has 0 saturated heterocycles. The molecule has 0 unspecified atom stereocenters. The van der Waals surface area contributed by atoms with Crippen LogP contribution in [0, 0.1) is 0 Å². The van der Waals surface area contributed by atoms with Crippen molar-refractivity contribution in [2.45, 2.75) is 19.4 Å². The fourth-order valence-corrected chi connectivity index (χ4v) is 1.90. The molecule has 2 amide bonds. The largest absolute Gasteiger partial charge is 0.368 e. The molecule has 3 N–H and O–H groups in total. The minimum atomic E-state index is -0.645. The van der Waals surface area contributed by atoms with Gasteiger partial charge in [-0.05, 0) is 23.3 Å². The van der Waals surface area contributed by atoms with Crippen LogP contribution < -0.4 is 11.1 Å². The van der Waals surface area contributed by atoms with Crippen molar-refractivity contribution in [2.75, 3.05) is 0 Å². The van der Waals surface area contributed by atoms with Gasteiger partial charge in [-0.15, -0.1) is 0 Å². The smallest absolute Gasteiger partial charge is 0.239 e. The number of amides is 2. The summed E-state index contributed by atoms with van der Waals surface area (Å²) in [7, 11) is 0. The number of primary amides is 1. The van der Waals surface area contributed by atoms with Crippen LogP contribution in [0.2, 0.25) is 0 Å². The maximum absolute atomic E-state index is 11.7. The first kappa shape index (κ1) is 13.1. The molecule has 2 aromatic carbocycles. The Morgan fingerprint density at radius 3 is 2.53 bits per heavy atom. The zero-order valence-electron chi connectivity index (χ0n) is 10.7. The number of hydrogen-bond acceptors (Lipinski definition) is 2. The molecular formula is C15H16N2O2. The van der Waals surface area contributed by atoms with Gasteiger partial charge < -0.3 is 11.1 Å². The number of nitrogens with two attached hydrogens (primary N) is 1. The topological polar surface area (TPSA) is 72.2 Å². The Morgan fingerprint density at radius 2 is 1.84 bits per heavy atom. The van der Waals surface area contributed by atoms with Crippen LogP contribution in [0.15, 0.2) is 42.5 Å². The first-order valence-electron chi connectivity index (χ1n) is 6.12. The summed E-state index contributed by atoms with van der Waals surface area (Å²) in [6.07, 6.45) is 0.239. The fraction of sp³-hybridized carbons (Fsp3) is 0.200. The lowest BCUT2D eigenvalue weighted by atomic mass is 10.0. The van der Waals surface area contributed by atoms with Gasteiger partial charge in [0.05, 0.1) is 6.42 Å². The first-order valence-corrected chi connectivity index (χ1v) is 6.12. The van der Waals surface area contributed by atoms with E-state index in [1.807, 2.05) is 42.5 Å². The van der Waals surface area contributed by atoms with Gasteiger partial charge >= 0.3 is 0 Å². The van der Waals surface area contributed by atoms with Crippen LogP contribution in [-0.2, 0) is 16.0 Å². The highest BCUT2D eigenvalue weighted by Gasteiger charge is 2.12. The van der Waals surface area contributed by atoms with E-state index in [0.29, 0.717) is 0 Å². The van der Waals surface area contributed by atoms with Crippen molar-refractivity contribution in [3.8, 4) is 0 Å². The molecule has 2 rings (SSSR count). The van der Waals surface area contributed by atoms with E-state index in [1.165, 1.54) is 0 Å². The Bertz CT molecular complexity index is 622. The Labute approximate surface area is 111 Å². The predicted octanol–water partition coefficient (Wildman–Crippen LogP) is 1.37. The van der Waals surface area contributed by atoms with E-state index in [9.17, 15) is 9.59 Å². The second-order valence-corrected chi connectivity index (χ2v) is 4.55. The standard InChI is InChI=1S/C15H16N2O2/c1-10(15(16)19)17-14(18)9-11-6-7-12-4-2-3-5-13(12)8-11/h2-8,10H,9H2,1H3,(H2,16,19)(H,17,18)/t10-/m0/s1. The molecule has 0 radical (unpaired) electrons. The third kappa shape index (κ3) is 3.31. The van der Waals surface area contributed by atoms with Crippen molar-refractivity contribution in [3.05, 3.63) is 48.0 Å². The van der Waals surface area contributed by atoms with E-state index >= 15 is 0 Å². The second-order valence-electron chi connectivity index (χ2n) is 4.55. The lowest BCUT2D eigenvalue weighted by Gasteiger charge is -2.10. The average molecular weight is 256 g/mol. The van der Waals surface area contributed by atoms with Crippen molar-refractivity contribution < 1.29 is 9.59 Å². The quantitative estimate of drug-likeness (QED) is 0.867. The molecule has 0 heterocycles. The molecule has 0 fully saturated rings. The van der Waals surface area contributed by atoms with Crippen LogP contribution in [0.25, 0.3) is 10.8 Å². The number of fused-ring (bicyclic) bond motifs is 1. The molecule has 0 saturated carbocycles. The Balaban J connectivity index is 2.09. The number of nitrogens with one attached hydrogen (secondary N) is 1. The summed E-state index contributed by atoms with van der Waals surface area (Å²) in [5.74, 6) is -0.742. The molecule has 0 bridgehead atoms. The molecule has 2 aromatic rings. The molecule has 98 valence electrons. The fourth-order valence-electron chi connectivity index (χ4n) is 1.90. The molecule has 4 heteroatoms. The van der Waals surface area contributed by atoms with Crippen LogP contribution >= 0.6 is 0 Å². The Morgan fingerprint density at radius 1 is 1.16 bits per heavy atom. The van der Waals surface area contributed by atoms with Crippen molar-refractivity contribution >= 4 is 22.6 Å². The molecule has 0 aliphatic heterocycles. The third-order valence-electron chi connectivity index (χ3n) is 2.98. The van der Waals surface area contributed by atoms with Crippen LogP contribution in [0.4, 0.5) is 0 Å². The van der Waals surface area contributed by atoms with E-state index in [2.05, 4.69) is 5.32 Å². The van der Waals surface area contributed by atoms with Gasteiger partial charge in [-0.2, -0.15) is 0 Å². The zero-order valence-corrected chi connectivity index (χ0v) is 10.7. The van der Waals surface area contributed by atoms with E-state index in [0.717, 1.165) is 16.3 Å². The Hall–Kier alpha value is -2.36. The third-order valence-corrected chi connectivity index (χ3v) is 2.98. The summed E-state index contributed by atoms with van der Waals surface area (Å²) in [5.41, 5.74) is 6.01. The van der Waals surface area contributed by atoms with E-state index in [4.69, 9.17) is 5.73 Å². The molecule has 0 aromatic heterocycles. The molecule has 0 aliphatic rings. The highest BCUT2D eigenvalue weighted by Crippen LogP contribution is 2.15. The summed E-state index contributed by atoms with van der Waals surface area (Å²) in [6, 6.07) is 13.2. The number of carbonyl (C=O) groups is 2. The summed E-state index contributed by atoms with van der Waals surface area (Å²) in [4.78, 5) is 22.6. The maximum atomic E-state index is 11.7. The summed E-state index contributed by atoms with van der Waals surface area (Å²) in [6.45, 7) is 1.57. The molecule has 1 atom stereocenters. The number of rotatable bonds is 4. The summed E-state index contributed by atoms with van der Waals surface area (Å²) >= 11 is 0. The number of carbonyl (C=O) groups excluding carboxylic acids is 2. The highest BCUT2D eigenvalue weighted by molar-refractivity contribution is 5.88. The van der Waals surface area contributed by atoms with Crippen molar-refractivity contribution in [2.24, 2.45) is 5.73 Å². The van der Waals surface area contributed by atoms with Crippen LogP contribution in [0.3, 0.4) is 0 Å². The summed E-state index contributed by atoms with van der Waals surface area (Å²) < 4.78 is 0. The second kappa shape index (κ2) is 5.52.